The average molecular weight is 408 g/mol. The van der Waals surface area contributed by atoms with Crippen molar-refractivity contribution in [3.05, 3.63) is 71.1 Å². The summed E-state index contributed by atoms with van der Waals surface area (Å²) in [6, 6.07) is 17.9. The van der Waals surface area contributed by atoms with Crippen LogP contribution in [0.1, 0.15) is 37.3 Å². The number of hydrogen-bond donors (Lipinski definition) is 2. The molecule has 29 heavy (non-hydrogen) atoms. The van der Waals surface area contributed by atoms with Crippen LogP contribution in [0, 0.1) is 0 Å². The van der Waals surface area contributed by atoms with Crippen LogP contribution in [0.15, 0.2) is 60.0 Å². The highest BCUT2D eigenvalue weighted by atomic mass is 32.1. The van der Waals surface area contributed by atoms with Crippen molar-refractivity contribution < 1.29 is 9.59 Å². The number of carbonyl (C=O) groups excluding carboxylic acids is 2. The Kier molecular flexibility index (Phi) is 7.14. The molecule has 0 saturated carbocycles. The summed E-state index contributed by atoms with van der Waals surface area (Å²) in [4.78, 5) is 28.2. The number of carbonyl (C=O) groups is 2. The lowest BCUT2D eigenvalue weighted by Crippen LogP contribution is -2.22. The van der Waals surface area contributed by atoms with Crippen LogP contribution in [0.2, 0.25) is 0 Å². The molecule has 0 bridgehead atoms. The minimum atomic E-state index is -0.188. The van der Waals surface area contributed by atoms with Gasteiger partial charge in [0.15, 0.2) is 5.13 Å². The normalized spacial score (nSPS) is 11.7. The van der Waals surface area contributed by atoms with Gasteiger partial charge in [0, 0.05) is 24.4 Å². The van der Waals surface area contributed by atoms with Crippen molar-refractivity contribution in [3.63, 3.8) is 0 Å². The lowest BCUT2D eigenvalue weighted by atomic mass is 9.96. The Morgan fingerprint density at radius 3 is 2.45 bits per heavy atom. The van der Waals surface area contributed by atoms with Crippen LogP contribution in [0.4, 0.5) is 5.13 Å². The molecule has 3 aromatic rings. The highest BCUT2D eigenvalue weighted by Gasteiger charge is 2.19. The highest BCUT2D eigenvalue weighted by Crippen LogP contribution is 2.27. The summed E-state index contributed by atoms with van der Waals surface area (Å²) < 4.78 is 0. The second kappa shape index (κ2) is 9.98. The van der Waals surface area contributed by atoms with Crippen molar-refractivity contribution in [2.75, 3.05) is 11.9 Å². The summed E-state index contributed by atoms with van der Waals surface area (Å²) in [5, 5.41) is 8.31. The molecule has 6 heteroatoms. The van der Waals surface area contributed by atoms with E-state index in [1.165, 1.54) is 18.3 Å². The molecule has 1 unspecified atom stereocenters. The van der Waals surface area contributed by atoms with Crippen molar-refractivity contribution in [1.29, 1.82) is 0 Å². The van der Waals surface area contributed by atoms with Gasteiger partial charge in [-0.2, -0.15) is 0 Å². The fourth-order valence-corrected chi connectivity index (χ4v) is 3.86. The van der Waals surface area contributed by atoms with E-state index in [0.29, 0.717) is 11.7 Å². The molecule has 1 heterocycles. The zero-order valence-electron chi connectivity index (χ0n) is 16.6. The molecule has 0 fully saturated rings. The third-order valence-electron chi connectivity index (χ3n) is 4.70. The van der Waals surface area contributed by atoms with E-state index in [4.69, 9.17) is 0 Å². The maximum absolute atomic E-state index is 12.7. The van der Waals surface area contributed by atoms with Crippen molar-refractivity contribution in [2.45, 2.75) is 32.6 Å². The zero-order valence-corrected chi connectivity index (χ0v) is 17.5. The first-order valence-electron chi connectivity index (χ1n) is 9.72. The van der Waals surface area contributed by atoms with Gasteiger partial charge in [0.25, 0.3) is 0 Å². The van der Waals surface area contributed by atoms with E-state index < -0.39 is 0 Å². The maximum Gasteiger partial charge on any atom is 0.233 e. The molecule has 3 rings (SSSR count). The van der Waals surface area contributed by atoms with E-state index in [2.05, 4.69) is 15.6 Å². The Bertz CT molecular complexity index is 952. The molecule has 0 aliphatic heterocycles. The number of aromatic nitrogens is 1. The fourth-order valence-electron chi connectivity index (χ4n) is 3.14. The third-order valence-corrected chi connectivity index (χ3v) is 5.46. The zero-order chi connectivity index (χ0) is 20.6. The molecule has 0 aliphatic carbocycles. The number of thiazole rings is 1. The smallest absolute Gasteiger partial charge is 0.233 e. The molecule has 0 saturated heterocycles. The lowest BCUT2D eigenvalue weighted by Gasteiger charge is -2.14. The van der Waals surface area contributed by atoms with E-state index in [1.54, 1.807) is 0 Å². The largest absolute Gasteiger partial charge is 0.356 e. The second-order valence-electron chi connectivity index (χ2n) is 6.83. The minimum Gasteiger partial charge on any atom is -0.356 e. The summed E-state index contributed by atoms with van der Waals surface area (Å²) in [5.74, 6) is -0.240. The van der Waals surface area contributed by atoms with Crippen molar-refractivity contribution in [3.8, 4) is 11.3 Å². The molecule has 1 atom stereocenters. The van der Waals surface area contributed by atoms with Gasteiger partial charge in [-0.1, -0.05) is 61.5 Å². The average Bonchev–Trinajstić information content (AvgIpc) is 3.18. The quantitative estimate of drug-likeness (QED) is 0.572. The SMILES string of the molecule is CCC(C(=O)Nc1nc(-c2ccc(CCNC(C)=O)cc2)cs1)c1ccccc1. The van der Waals surface area contributed by atoms with Crippen molar-refractivity contribution in [2.24, 2.45) is 0 Å². The van der Waals surface area contributed by atoms with Gasteiger partial charge in [-0.3, -0.25) is 9.59 Å². The Hall–Kier alpha value is -2.99. The molecular weight excluding hydrogens is 382 g/mol. The van der Waals surface area contributed by atoms with Crippen LogP contribution in [0.3, 0.4) is 0 Å². The van der Waals surface area contributed by atoms with Crippen LogP contribution in [-0.4, -0.2) is 23.3 Å². The number of hydrogen-bond acceptors (Lipinski definition) is 4. The molecular formula is C23H25N3O2S. The topological polar surface area (TPSA) is 71.1 Å². The summed E-state index contributed by atoms with van der Waals surface area (Å²) in [6.07, 6.45) is 1.52. The first kappa shape index (κ1) is 20.7. The van der Waals surface area contributed by atoms with E-state index in [9.17, 15) is 9.59 Å². The van der Waals surface area contributed by atoms with Gasteiger partial charge in [-0.15, -0.1) is 11.3 Å². The van der Waals surface area contributed by atoms with Gasteiger partial charge in [0.2, 0.25) is 11.8 Å². The summed E-state index contributed by atoms with van der Waals surface area (Å²) in [5.41, 5.74) is 4.01. The van der Waals surface area contributed by atoms with Crippen molar-refractivity contribution >= 4 is 28.3 Å². The van der Waals surface area contributed by atoms with Crippen molar-refractivity contribution in [1.82, 2.24) is 10.3 Å². The second-order valence-corrected chi connectivity index (χ2v) is 7.69. The van der Waals surface area contributed by atoms with E-state index >= 15 is 0 Å². The minimum absolute atomic E-state index is 0.0174. The monoisotopic (exact) mass is 407 g/mol. The number of nitrogens with zero attached hydrogens (tertiary/aromatic N) is 1. The lowest BCUT2D eigenvalue weighted by molar-refractivity contribution is -0.119. The molecule has 2 amide bonds. The van der Waals surface area contributed by atoms with Gasteiger partial charge in [-0.05, 0) is 24.0 Å². The summed E-state index contributed by atoms with van der Waals surface area (Å²) in [7, 11) is 0. The van der Waals surface area contributed by atoms with Gasteiger partial charge >= 0.3 is 0 Å². The number of anilines is 1. The molecule has 0 spiro atoms. The predicted molar refractivity (Wildman–Crippen MR) is 118 cm³/mol. The third kappa shape index (κ3) is 5.74. The van der Waals surface area contributed by atoms with Crippen LogP contribution >= 0.6 is 11.3 Å². The van der Waals surface area contributed by atoms with Gasteiger partial charge in [0.1, 0.15) is 0 Å². The Morgan fingerprint density at radius 1 is 1.07 bits per heavy atom. The highest BCUT2D eigenvalue weighted by molar-refractivity contribution is 7.14. The van der Waals surface area contributed by atoms with Crippen LogP contribution in [0.5, 0.6) is 0 Å². The van der Waals surface area contributed by atoms with Crippen LogP contribution < -0.4 is 10.6 Å². The van der Waals surface area contributed by atoms with E-state index in [1.807, 2.05) is 66.9 Å². The number of amides is 2. The first-order chi connectivity index (χ1) is 14.1. The molecule has 2 N–H and O–H groups in total. The fraction of sp³-hybridized carbons (Fsp3) is 0.261. The molecule has 0 aliphatic rings. The molecule has 2 aromatic carbocycles. The van der Waals surface area contributed by atoms with Gasteiger partial charge in [0.05, 0.1) is 11.6 Å². The van der Waals surface area contributed by atoms with Crippen LogP contribution in [0.25, 0.3) is 11.3 Å². The van der Waals surface area contributed by atoms with Gasteiger partial charge in [-0.25, -0.2) is 4.98 Å². The maximum atomic E-state index is 12.7. The Balaban J connectivity index is 1.63. The van der Waals surface area contributed by atoms with Crippen LogP contribution in [-0.2, 0) is 16.0 Å². The van der Waals surface area contributed by atoms with E-state index in [0.717, 1.165) is 35.2 Å². The summed E-state index contributed by atoms with van der Waals surface area (Å²) >= 11 is 1.43. The van der Waals surface area contributed by atoms with E-state index in [-0.39, 0.29) is 17.7 Å². The number of benzene rings is 2. The molecule has 0 radical (unpaired) electrons. The molecule has 1 aromatic heterocycles. The molecule has 150 valence electrons. The first-order valence-corrected chi connectivity index (χ1v) is 10.6. The number of nitrogens with one attached hydrogen (secondary N) is 2. The number of rotatable bonds is 8. The Morgan fingerprint density at radius 2 is 1.79 bits per heavy atom. The predicted octanol–water partition coefficient (Wildman–Crippen LogP) is 4.62. The molecule has 5 nitrogen and oxygen atoms in total. The Labute approximate surface area is 175 Å². The van der Waals surface area contributed by atoms with Gasteiger partial charge < -0.3 is 10.6 Å². The summed E-state index contributed by atoms with van der Waals surface area (Å²) in [6.45, 7) is 4.16. The standard InChI is InChI=1S/C23H25N3O2S/c1-3-20(18-7-5-4-6-8-18)22(28)26-23-25-21(15-29-23)19-11-9-17(10-12-19)13-14-24-16(2)27/h4-12,15,20H,3,13-14H2,1-2H3,(H,24,27)(H,25,26,28).